The number of halogens is 2. The van der Waals surface area contributed by atoms with Gasteiger partial charge in [0.25, 0.3) is 11.8 Å². The van der Waals surface area contributed by atoms with Crippen molar-refractivity contribution in [3.8, 4) is 0 Å². The molecule has 38 heavy (non-hydrogen) atoms. The first-order valence-corrected chi connectivity index (χ1v) is 12.7. The summed E-state index contributed by atoms with van der Waals surface area (Å²) in [5.74, 6) is -2.72. The first kappa shape index (κ1) is 31.3. The zero-order valence-corrected chi connectivity index (χ0v) is 22.4. The van der Waals surface area contributed by atoms with Crippen LogP contribution < -0.4 is 5.32 Å². The van der Waals surface area contributed by atoms with E-state index in [0.29, 0.717) is 30.3 Å². The van der Waals surface area contributed by atoms with Crippen LogP contribution in [0.1, 0.15) is 64.6 Å². The molecule has 0 spiro atoms. The number of hydrogen-bond acceptors (Lipinski definition) is 6. The Hall–Kier alpha value is -2.92. The maximum absolute atomic E-state index is 14.0. The van der Waals surface area contributed by atoms with Crippen molar-refractivity contribution in [1.82, 2.24) is 10.2 Å². The van der Waals surface area contributed by atoms with E-state index in [4.69, 9.17) is 9.47 Å². The maximum Gasteiger partial charge on any atom is 0.253 e. The summed E-state index contributed by atoms with van der Waals surface area (Å²) in [7, 11) is 1.48. The van der Waals surface area contributed by atoms with Crippen LogP contribution in [0.15, 0.2) is 36.4 Å². The van der Waals surface area contributed by atoms with Gasteiger partial charge in [-0.25, -0.2) is 8.78 Å². The van der Waals surface area contributed by atoms with Gasteiger partial charge in [-0.3, -0.25) is 9.59 Å². The molecule has 8 nitrogen and oxygen atoms in total. The number of ether oxygens (including phenoxy) is 2. The van der Waals surface area contributed by atoms with E-state index in [2.05, 4.69) is 5.32 Å². The van der Waals surface area contributed by atoms with Gasteiger partial charge in [0, 0.05) is 37.4 Å². The highest BCUT2D eigenvalue weighted by atomic mass is 19.1. The Bertz CT molecular complexity index is 1040. The van der Waals surface area contributed by atoms with E-state index < -0.39 is 35.8 Å². The van der Waals surface area contributed by atoms with Crippen molar-refractivity contribution < 1.29 is 38.1 Å². The molecule has 0 aromatic heterocycles. The fourth-order valence-electron chi connectivity index (χ4n) is 4.09. The molecular weight excluding hydrogens is 498 g/mol. The summed E-state index contributed by atoms with van der Waals surface area (Å²) >= 11 is 0. The number of methoxy groups -OCH3 is 1. The highest BCUT2D eigenvalue weighted by Gasteiger charge is 2.31. The summed E-state index contributed by atoms with van der Waals surface area (Å²) in [5.41, 5.74) is 1.04. The van der Waals surface area contributed by atoms with Gasteiger partial charge in [-0.05, 0) is 61.2 Å². The van der Waals surface area contributed by atoms with Gasteiger partial charge in [-0.2, -0.15) is 0 Å². The van der Waals surface area contributed by atoms with Crippen molar-refractivity contribution in [3.63, 3.8) is 0 Å². The Morgan fingerprint density at radius 3 is 2.13 bits per heavy atom. The third-order valence-corrected chi connectivity index (χ3v) is 5.85. The lowest BCUT2D eigenvalue weighted by molar-refractivity contribution is -0.0575. The molecule has 0 bridgehead atoms. The molecule has 2 amide bonds. The zero-order chi connectivity index (χ0) is 28.2. The fraction of sp³-hybridized carbons (Fsp3) is 0.500. The Morgan fingerprint density at radius 2 is 1.55 bits per heavy atom. The van der Waals surface area contributed by atoms with Crippen LogP contribution >= 0.6 is 0 Å². The van der Waals surface area contributed by atoms with Crippen LogP contribution in [-0.2, 0) is 9.47 Å². The molecule has 3 atom stereocenters. The lowest BCUT2D eigenvalue weighted by atomic mass is 9.96. The van der Waals surface area contributed by atoms with Crippen LogP contribution in [0.2, 0.25) is 0 Å². The number of aliphatic hydroxyl groups excluding tert-OH is 2. The van der Waals surface area contributed by atoms with Gasteiger partial charge in [0.2, 0.25) is 0 Å². The number of aryl methyl sites for hydroxylation is 1. The number of nitrogens with zero attached hydrogens (tertiary/aromatic N) is 1. The minimum atomic E-state index is -1.67. The molecule has 210 valence electrons. The Kier molecular flexibility index (Phi) is 12.8. The first-order valence-electron chi connectivity index (χ1n) is 12.7. The smallest absolute Gasteiger partial charge is 0.253 e. The second-order valence-corrected chi connectivity index (χ2v) is 9.16. The number of carbonyl (C=O) groups is 2. The van der Waals surface area contributed by atoms with Gasteiger partial charge in [0.05, 0.1) is 25.9 Å². The van der Waals surface area contributed by atoms with Crippen molar-refractivity contribution >= 4 is 11.8 Å². The molecule has 0 saturated carbocycles. The highest BCUT2D eigenvalue weighted by Crippen LogP contribution is 2.23. The molecule has 2 rings (SSSR count). The van der Waals surface area contributed by atoms with Crippen LogP contribution in [-0.4, -0.2) is 79.2 Å². The maximum atomic E-state index is 14.0. The first-order chi connectivity index (χ1) is 18.1. The van der Waals surface area contributed by atoms with Crippen molar-refractivity contribution in [3.05, 3.63) is 70.3 Å². The van der Waals surface area contributed by atoms with Gasteiger partial charge < -0.3 is 29.9 Å². The molecule has 2 unspecified atom stereocenters. The Labute approximate surface area is 222 Å². The summed E-state index contributed by atoms with van der Waals surface area (Å²) in [6, 6.07) is 5.91. The monoisotopic (exact) mass is 536 g/mol. The largest absolute Gasteiger partial charge is 0.388 e. The number of amides is 2. The second kappa shape index (κ2) is 15.5. The topological polar surface area (TPSA) is 108 Å². The Balaban J connectivity index is 2.36. The van der Waals surface area contributed by atoms with Gasteiger partial charge >= 0.3 is 0 Å². The third-order valence-electron chi connectivity index (χ3n) is 5.85. The highest BCUT2D eigenvalue weighted by molar-refractivity contribution is 6.00. The molecule has 0 aliphatic carbocycles. The van der Waals surface area contributed by atoms with Crippen molar-refractivity contribution in [2.45, 2.75) is 51.9 Å². The average Bonchev–Trinajstić information content (AvgIpc) is 2.87. The predicted octanol–water partition coefficient (Wildman–Crippen LogP) is 3.39. The normalized spacial score (nSPS) is 13.6. The number of hydrogen-bond donors (Lipinski definition) is 3. The lowest BCUT2D eigenvalue weighted by Crippen LogP contribution is -2.44. The van der Waals surface area contributed by atoms with Crippen molar-refractivity contribution in [1.29, 1.82) is 0 Å². The van der Waals surface area contributed by atoms with E-state index in [1.54, 1.807) is 24.0 Å². The van der Waals surface area contributed by atoms with Crippen LogP contribution in [0.4, 0.5) is 8.78 Å². The van der Waals surface area contributed by atoms with Gasteiger partial charge in [-0.15, -0.1) is 0 Å². The number of benzene rings is 2. The molecule has 0 fully saturated rings. The third kappa shape index (κ3) is 9.13. The van der Waals surface area contributed by atoms with E-state index in [-0.39, 0.29) is 36.9 Å². The molecule has 0 saturated heterocycles. The van der Waals surface area contributed by atoms with E-state index >= 15 is 0 Å². The van der Waals surface area contributed by atoms with E-state index in [1.165, 1.54) is 13.2 Å². The minimum Gasteiger partial charge on any atom is -0.388 e. The molecule has 0 aliphatic heterocycles. The van der Waals surface area contributed by atoms with Crippen molar-refractivity contribution in [2.24, 2.45) is 0 Å². The van der Waals surface area contributed by atoms with E-state index in [9.17, 15) is 28.6 Å². The molecular formula is C28H38F2N2O6. The molecule has 0 radical (unpaired) electrons. The number of nitrogens with one attached hydrogen (secondary N) is 1. The molecule has 10 heteroatoms. The quantitative estimate of drug-likeness (QED) is 0.301. The minimum absolute atomic E-state index is 0.0830. The van der Waals surface area contributed by atoms with Crippen LogP contribution in [0.5, 0.6) is 0 Å². The number of rotatable bonds is 15. The van der Waals surface area contributed by atoms with Gasteiger partial charge in [0.1, 0.15) is 23.8 Å². The summed E-state index contributed by atoms with van der Waals surface area (Å²) in [5, 5.41) is 23.9. The molecule has 2 aromatic rings. The fourth-order valence-corrected chi connectivity index (χ4v) is 4.09. The van der Waals surface area contributed by atoms with Gasteiger partial charge in [-0.1, -0.05) is 13.8 Å². The second-order valence-electron chi connectivity index (χ2n) is 9.16. The number of aliphatic hydroxyl groups is 2. The van der Waals surface area contributed by atoms with Crippen LogP contribution in [0.25, 0.3) is 0 Å². The average molecular weight is 537 g/mol. The van der Waals surface area contributed by atoms with E-state index in [0.717, 1.165) is 25.0 Å². The number of carbonyl (C=O) groups excluding carboxylic acids is 2. The van der Waals surface area contributed by atoms with Gasteiger partial charge in [0.15, 0.2) is 0 Å². The van der Waals surface area contributed by atoms with Crippen molar-refractivity contribution in [2.75, 3.05) is 40.0 Å². The predicted molar refractivity (Wildman–Crippen MR) is 139 cm³/mol. The summed E-state index contributed by atoms with van der Waals surface area (Å²) in [6.45, 7) is 6.96. The molecule has 0 heterocycles. The standard InChI is InChI=1S/C28H38F2N2O6/c1-5-7-32(8-6-2)28(36)21-12-18(3)11-20(13-21)27(35)31-25(19-14-22(29)16-23(30)15-19)26(34)24(33)17-38-10-9-37-4/h11-16,24-26,33-34H,5-10,17H2,1-4H3,(H,31,35)/t24?,25?,26-/m0/s1. The zero-order valence-electron chi connectivity index (χ0n) is 22.4. The van der Waals surface area contributed by atoms with Crippen LogP contribution in [0, 0.1) is 18.6 Å². The SMILES string of the molecule is CCCN(CCC)C(=O)c1cc(C)cc(C(=O)NC(c2cc(F)cc(F)c2)[C@@H](O)C(O)COCCOC)c1. The lowest BCUT2D eigenvalue weighted by Gasteiger charge is -2.28. The van der Waals surface area contributed by atoms with Crippen LogP contribution in [0.3, 0.4) is 0 Å². The summed E-state index contributed by atoms with van der Waals surface area (Å²) < 4.78 is 38.2. The Morgan fingerprint density at radius 1 is 0.947 bits per heavy atom. The molecule has 2 aromatic carbocycles. The summed E-state index contributed by atoms with van der Waals surface area (Å²) in [4.78, 5) is 28.2. The molecule has 3 N–H and O–H groups in total. The van der Waals surface area contributed by atoms with E-state index in [1.807, 2.05) is 13.8 Å². The summed E-state index contributed by atoms with van der Waals surface area (Å²) in [6.07, 6.45) is -1.59. The molecule has 0 aliphatic rings.